The molecule has 1 amide bonds. The van der Waals surface area contributed by atoms with Crippen LogP contribution >= 0.6 is 0 Å². The van der Waals surface area contributed by atoms with Crippen molar-refractivity contribution < 1.29 is 17.9 Å². The van der Waals surface area contributed by atoms with Crippen molar-refractivity contribution in [1.29, 1.82) is 0 Å². The van der Waals surface area contributed by atoms with Gasteiger partial charge >= 0.3 is 6.09 Å². The Kier molecular flexibility index (Phi) is 2.97. The molecular weight excluding hydrogens is 320 g/mol. The predicted octanol–water partition coefficient (Wildman–Crippen LogP) is 0.667. The Hall–Kier alpha value is -2.39. The summed E-state index contributed by atoms with van der Waals surface area (Å²) in [6.45, 7) is 1.50. The topological polar surface area (TPSA) is 93.5 Å². The third-order valence-corrected chi connectivity index (χ3v) is 5.49. The van der Waals surface area contributed by atoms with E-state index in [1.165, 1.54) is 29.3 Å². The van der Waals surface area contributed by atoms with E-state index in [9.17, 15) is 13.2 Å². The smallest absolute Gasteiger partial charge is 0.410 e. The van der Waals surface area contributed by atoms with Gasteiger partial charge in [0.25, 0.3) is 10.0 Å². The number of nitrogens with one attached hydrogen (secondary N) is 1. The van der Waals surface area contributed by atoms with Crippen molar-refractivity contribution in [3.63, 3.8) is 0 Å². The van der Waals surface area contributed by atoms with Crippen molar-refractivity contribution in [2.75, 3.05) is 7.05 Å². The van der Waals surface area contributed by atoms with Gasteiger partial charge in [-0.1, -0.05) is 0 Å². The van der Waals surface area contributed by atoms with Crippen molar-refractivity contribution in [2.24, 2.45) is 0 Å². The first kappa shape index (κ1) is 14.2. The van der Waals surface area contributed by atoms with Crippen LogP contribution in [0.4, 0.5) is 4.79 Å². The summed E-state index contributed by atoms with van der Waals surface area (Å²) >= 11 is 0. The summed E-state index contributed by atoms with van der Waals surface area (Å²) in [5.41, 5.74) is 2.29. The minimum absolute atomic E-state index is 0.122. The zero-order valence-corrected chi connectivity index (χ0v) is 13.1. The summed E-state index contributed by atoms with van der Waals surface area (Å²) in [7, 11) is -2.17. The Morgan fingerprint density at radius 3 is 2.87 bits per heavy atom. The van der Waals surface area contributed by atoms with Crippen LogP contribution in [0, 0.1) is 0 Å². The van der Waals surface area contributed by atoms with E-state index >= 15 is 0 Å². The molecule has 2 aromatic rings. The molecule has 0 aliphatic carbocycles. The highest BCUT2D eigenvalue weighted by atomic mass is 32.2. The Bertz CT molecular complexity index is 897. The molecule has 3 heterocycles. The Balaban J connectivity index is 1.75. The quantitative estimate of drug-likeness (QED) is 0.867. The van der Waals surface area contributed by atoms with Gasteiger partial charge in [0.05, 0.1) is 17.1 Å². The highest BCUT2D eigenvalue weighted by molar-refractivity contribution is 7.89. The second-order valence-electron chi connectivity index (χ2n) is 5.58. The van der Waals surface area contributed by atoms with E-state index in [1.54, 1.807) is 7.05 Å². The van der Waals surface area contributed by atoms with Gasteiger partial charge in [-0.3, -0.25) is 0 Å². The number of hydrogen-bond donors (Lipinski definition) is 1. The maximum atomic E-state index is 12.7. The Morgan fingerprint density at radius 2 is 2.09 bits per heavy atom. The number of carbonyl (C=O) groups is 1. The summed E-state index contributed by atoms with van der Waals surface area (Å²) in [5, 5.41) is 7.26. The molecule has 2 aliphatic rings. The SMILES string of the molecule is CN1Cc2cc(S(=O)(=O)n3cc4c(n3)CNC4)ccc2OC1=O. The molecule has 0 saturated heterocycles. The van der Waals surface area contributed by atoms with Gasteiger partial charge in [0, 0.05) is 37.5 Å². The molecule has 0 radical (unpaired) electrons. The second-order valence-corrected chi connectivity index (χ2v) is 7.37. The number of benzene rings is 1. The fourth-order valence-corrected chi connectivity index (χ4v) is 3.91. The molecule has 120 valence electrons. The first-order valence-corrected chi connectivity index (χ1v) is 8.49. The summed E-state index contributed by atoms with van der Waals surface area (Å²) in [6.07, 6.45) is 1.08. The average molecular weight is 334 g/mol. The highest BCUT2D eigenvalue weighted by Gasteiger charge is 2.27. The van der Waals surface area contributed by atoms with Crippen LogP contribution in [0.2, 0.25) is 0 Å². The van der Waals surface area contributed by atoms with Gasteiger partial charge in [0.15, 0.2) is 0 Å². The number of ether oxygens (including phenoxy) is 1. The van der Waals surface area contributed by atoms with Gasteiger partial charge < -0.3 is 15.0 Å². The molecule has 0 atom stereocenters. The van der Waals surface area contributed by atoms with Crippen LogP contribution in [0.1, 0.15) is 16.8 Å². The number of aromatic nitrogens is 2. The first-order chi connectivity index (χ1) is 10.9. The fourth-order valence-electron chi connectivity index (χ4n) is 2.69. The van der Waals surface area contributed by atoms with Crippen LogP contribution in [-0.2, 0) is 29.7 Å². The zero-order valence-electron chi connectivity index (χ0n) is 12.3. The van der Waals surface area contributed by atoms with Gasteiger partial charge in [0.1, 0.15) is 5.75 Å². The van der Waals surface area contributed by atoms with Crippen molar-refractivity contribution in [1.82, 2.24) is 19.4 Å². The lowest BCUT2D eigenvalue weighted by Gasteiger charge is -2.24. The predicted molar refractivity (Wildman–Crippen MR) is 79.3 cm³/mol. The lowest BCUT2D eigenvalue weighted by molar-refractivity contribution is 0.150. The first-order valence-electron chi connectivity index (χ1n) is 7.05. The molecule has 0 saturated carbocycles. The van der Waals surface area contributed by atoms with E-state index in [4.69, 9.17) is 4.74 Å². The second kappa shape index (κ2) is 4.80. The third-order valence-electron chi connectivity index (χ3n) is 3.96. The Labute approximate surface area is 132 Å². The van der Waals surface area contributed by atoms with E-state index < -0.39 is 16.1 Å². The zero-order chi connectivity index (χ0) is 16.2. The van der Waals surface area contributed by atoms with E-state index in [2.05, 4.69) is 10.4 Å². The van der Waals surface area contributed by atoms with E-state index in [0.29, 0.717) is 30.9 Å². The number of rotatable bonds is 2. The van der Waals surface area contributed by atoms with Crippen LogP contribution in [0.25, 0.3) is 0 Å². The van der Waals surface area contributed by atoms with Gasteiger partial charge in [-0.15, -0.1) is 0 Å². The standard InChI is InChI=1S/C14H14N4O4S/c1-17-7-9-4-11(2-3-13(9)22-14(17)19)23(20,21)18-8-10-5-15-6-12(10)16-18/h2-4,8,15H,5-7H2,1H3. The summed E-state index contributed by atoms with van der Waals surface area (Å²) in [4.78, 5) is 13.0. The van der Waals surface area contributed by atoms with Crippen molar-refractivity contribution in [3.05, 3.63) is 41.2 Å². The van der Waals surface area contributed by atoms with Gasteiger partial charge in [-0.05, 0) is 18.2 Å². The molecular formula is C14H14N4O4S. The van der Waals surface area contributed by atoms with E-state index in [0.717, 1.165) is 15.3 Å². The van der Waals surface area contributed by atoms with Crippen LogP contribution in [0.5, 0.6) is 5.75 Å². The summed E-state index contributed by atoms with van der Waals surface area (Å²) in [5.74, 6) is 0.388. The van der Waals surface area contributed by atoms with Gasteiger partial charge in [0.2, 0.25) is 0 Å². The van der Waals surface area contributed by atoms with Gasteiger partial charge in [-0.2, -0.15) is 17.6 Å². The molecule has 8 nitrogen and oxygen atoms in total. The van der Waals surface area contributed by atoms with Crippen LogP contribution in [0.15, 0.2) is 29.3 Å². The van der Waals surface area contributed by atoms with Crippen LogP contribution in [0.3, 0.4) is 0 Å². The minimum Gasteiger partial charge on any atom is -0.410 e. The van der Waals surface area contributed by atoms with Crippen molar-refractivity contribution >= 4 is 16.1 Å². The summed E-state index contributed by atoms with van der Waals surface area (Å²) < 4.78 is 31.6. The minimum atomic E-state index is -3.76. The lowest BCUT2D eigenvalue weighted by atomic mass is 10.2. The molecule has 0 unspecified atom stereocenters. The number of hydrogen-bond acceptors (Lipinski definition) is 6. The maximum absolute atomic E-state index is 12.7. The molecule has 4 rings (SSSR count). The largest absolute Gasteiger partial charge is 0.415 e. The Morgan fingerprint density at radius 1 is 1.26 bits per heavy atom. The molecule has 1 aromatic carbocycles. The molecule has 1 aromatic heterocycles. The van der Waals surface area contributed by atoms with Crippen molar-refractivity contribution in [3.8, 4) is 5.75 Å². The highest BCUT2D eigenvalue weighted by Crippen LogP contribution is 2.29. The third kappa shape index (κ3) is 2.20. The maximum Gasteiger partial charge on any atom is 0.415 e. The lowest BCUT2D eigenvalue weighted by Crippen LogP contribution is -2.33. The van der Waals surface area contributed by atoms with Crippen LogP contribution < -0.4 is 10.1 Å². The average Bonchev–Trinajstić information content (AvgIpc) is 3.09. The van der Waals surface area contributed by atoms with Crippen LogP contribution in [-0.4, -0.2) is 35.6 Å². The monoisotopic (exact) mass is 334 g/mol. The van der Waals surface area contributed by atoms with E-state index in [-0.39, 0.29) is 4.90 Å². The normalized spacial score (nSPS) is 16.9. The number of amides is 1. The molecule has 0 spiro atoms. The van der Waals surface area contributed by atoms with Gasteiger partial charge in [-0.25, -0.2) is 4.79 Å². The number of fused-ring (bicyclic) bond motifs is 2. The molecule has 1 N–H and O–H groups in total. The summed E-state index contributed by atoms with van der Waals surface area (Å²) in [6, 6.07) is 4.46. The fraction of sp³-hybridized carbons (Fsp3) is 0.286. The molecule has 9 heteroatoms. The molecule has 0 fully saturated rings. The number of carbonyl (C=O) groups excluding carboxylic acids is 1. The van der Waals surface area contributed by atoms with Crippen molar-refractivity contribution in [2.45, 2.75) is 24.5 Å². The van der Waals surface area contributed by atoms with E-state index in [1.807, 2.05) is 0 Å². The number of nitrogens with zero attached hydrogens (tertiary/aromatic N) is 3. The molecule has 0 bridgehead atoms. The molecule has 2 aliphatic heterocycles. The molecule has 23 heavy (non-hydrogen) atoms.